The first kappa shape index (κ1) is 12.5. The average molecular weight is 214 g/mol. The molecule has 0 bridgehead atoms. The minimum Gasteiger partial charge on any atom is -0.381 e. The van der Waals surface area contributed by atoms with Crippen molar-refractivity contribution in [1.82, 2.24) is 10.6 Å². The summed E-state index contributed by atoms with van der Waals surface area (Å²) in [4.78, 5) is 11.2. The van der Waals surface area contributed by atoms with Gasteiger partial charge in [0.1, 0.15) is 0 Å². The number of hydrogen-bond donors (Lipinski definition) is 2. The Morgan fingerprint density at radius 2 is 2.40 bits per heavy atom. The minimum atomic E-state index is 0.0913. The zero-order chi connectivity index (χ0) is 10.9. The molecule has 2 N–H and O–H groups in total. The number of nitrogens with one attached hydrogen (secondary N) is 2. The van der Waals surface area contributed by atoms with Crippen LogP contribution in [-0.2, 0) is 9.53 Å². The van der Waals surface area contributed by atoms with Crippen LogP contribution in [0.25, 0.3) is 0 Å². The topological polar surface area (TPSA) is 50.4 Å². The molecule has 88 valence electrons. The van der Waals surface area contributed by atoms with Gasteiger partial charge in [-0.1, -0.05) is 6.92 Å². The summed E-state index contributed by atoms with van der Waals surface area (Å²) in [6, 6.07) is 0. The van der Waals surface area contributed by atoms with Crippen LogP contribution in [0, 0.1) is 5.92 Å². The van der Waals surface area contributed by atoms with Crippen molar-refractivity contribution in [2.75, 3.05) is 32.8 Å². The Labute approximate surface area is 91.8 Å². The molecule has 4 heteroatoms. The van der Waals surface area contributed by atoms with Gasteiger partial charge >= 0.3 is 0 Å². The number of hydrogen-bond acceptors (Lipinski definition) is 3. The number of rotatable bonds is 6. The number of ether oxygens (including phenoxy) is 1. The molecule has 4 nitrogen and oxygen atoms in total. The second-order valence-corrected chi connectivity index (χ2v) is 4.06. The second-order valence-electron chi connectivity index (χ2n) is 4.06. The van der Waals surface area contributed by atoms with E-state index >= 15 is 0 Å². The van der Waals surface area contributed by atoms with E-state index in [1.165, 1.54) is 6.42 Å². The Morgan fingerprint density at radius 3 is 3.07 bits per heavy atom. The molecule has 0 radical (unpaired) electrons. The van der Waals surface area contributed by atoms with Crippen molar-refractivity contribution in [2.45, 2.75) is 26.2 Å². The van der Waals surface area contributed by atoms with Gasteiger partial charge in [0.15, 0.2) is 0 Å². The predicted molar refractivity (Wildman–Crippen MR) is 59.7 cm³/mol. The highest BCUT2D eigenvalue weighted by Gasteiger charge is 2.13. The van der Waals surface area contributed by atoms with Crippen LogP contribution in [0.3, 0.4) is 0 Å². The maximum Gasteiger partial charge on any atom is 0.233 e. The van der Waals surface area contributed by atoms with Gasteiger partial charge in [-0.3, -0.25) is 4.79 Å². The van der Waals surface area contributed by atoms with Crippen molar-refractivity contribution in [3.05, 3.63) is 0 Å². The lowest BCUT2D eigenvalue weighted by atomic mass is 10.0. The van der Waals surface area contributed by atoms with E-state index in [0.29, 0.717) is 12.5 Å². The Bertz CT molecular complexity index is 179. The van der Waals surface area contributed by atoms with E-state index in [0.717, 1.165) is 39.1 Å². The van der Waals surface area contributed by atoms with E-state index in [1.807, 2.05) is 6.92 Å². The predicted octanol–water partition coefficient (Wildman–Crippen LogP) is 0.529. The third-order valence-electron chi connectivity index (χ3n) is 2.55. The van der Waals surface area contributed by atoms with E-state index in [9.17, 15) is 4.79 Å². The molecule has 1 aliphatic heterocycles. The van der Waals surface area contributed by atoms with E-state index < -0.39 is 0 Å². The smallest absolute Gasteiger partial charge is 0.233 e. The lowest BCUT2D eigenvalue weighted by Crippen LogP contribution is -2.37. The fourth-order valence-corrected chi connectivity index (χ4v) is 1.69. The van der Waals surface area contributed by atoms with Crippen LogP contribution in [0.4, 0.5) is 0 Å². The van der Waals surface area contributed by atoms with E-state index in [2.05, 4.69) is 10.6 Å². The van der Waals surface area contributed by atoms with Crippen molar-refractivity contribution in [3.63, 3.8) is 0 Å². The van der Waals surface area contributed by atoms with Crippen LogP contribution in [-0.4, -0.2) is 38.8 Å². The van der Waals surface area contributed by atoms with Gasteiger partial charge in [0.2, 0.25) is 5.91 Å². The van der Waals surface area contributed by atoms with Gasteiger partial charge in [-0.15, -0.1) is 0 Å². The zero-order valence-corrected chi connectivity index (χ0v) is 9.55. The van der Waals surface area contributed by atoms with Gasteiger partial charge in [-0.05, 0) is 25.2 Å². The number of carbonyl (C=O) groups excluding carboxylic acids is 1. The third-order valence-corrected chi connectivity index (χ3v) is 2.55. The van der Waals surface area contributed by atoms with Gasteiger partial charge in [0.25, 0.3) is 0 Å². The van der Waals surface area contributed by atoms with Crippen LogP contribution >= 0.6 is 0 Å². The van der Waals surface area contributed by atoms with Crippen molar-refractivity contribution >= 4 is 5.91 Å². The Hall–Kier alpha value is -0.610. The first-order valence-electron chi connectivity index (χ1n) is 5.88. The molecule has 0 spiro atoms. The normalized spacial score (nSPS) is 21.3. The van der Waals surface area contributed by atoms with Gasteiger partial charge in [0.05, 0.1) is 13.2 Å². The van der Waals surface area contributed by atoms with E-state index in [-0.39, 0.29) is 5.91 Å². The van der Waals surface area contributed by atoms with Crippen molar-refractivity contribution in [2.24, 2.45) is 5.92 Å². The monoisotopic (exact) mass is 214 g/mol. The Morgan fingerprint density at radius 1 is 1.53 bits per heavy atom. The fraction of sp³-hybridized carbons (Fsp3) is 0.909. The zero-order valence-electron chi connectivity index (χ0n) is 9.55. The van der Waals surface area contributed by atoms with Gasteiger partial charge in [0, 0.05) is 19.7 Å². The van der Waals surface area contributed by atoms with Crippen molar-refractivity contribution in [3.8, 4) is 0 Å². The summed E-state index contributed by atoms with van der Waals surface area (Å²) in [6.45, 7) is 5.87. The quantitative estimate of drug-likeness (QED) is 0.678. The molecule has 1 atom stereocenters. The van der Waals surface area contributed by atoms with Crippen LogP contribution in [0.2, 0.25) is 0 Å². The highest BCUT2D eigenvalue weighted by molar-refractivity contribution is 5.77. The van der Waals surface area contributed by atoms with E-state index in [4.69, 9.17) is 4.74 Å². The van der Waals surface area contributed by atoms with Crippen LogP contribution in [0.1, 0.15) is 26.2 Å². The molecule has 1 saturated heterocycles. The van der Waals surface area contributed by atoms with E-state index in [1.54, 1.807) is 0 Å². The van der Waals surface area contributed by atoms with Crippen molar-refractivity contribution in [1.29, 1.82) is 0 Å². The highest BCUT2D eigenvalue weighted by Crippen LogP contribution is 2.11. The highest BCUT2D eigenvalue weighted by atomic mass is 16.5. The molecule has 1 heterocycles. The molecule has 0 aromatic carbocycles. The molecule has 0 aromatic rings. The number of amides is 1. The summed E-state index contributed by atoms with van der Waals surface area (Å²) in [5.41, 5.74) is 0. The molecular formula is C11H22N2O2. The standard InChI is InChI=1S/C11H22N2O2/c1-2-5-13-11(14)8-12-7-10-4-3-6-15-9-10/h10,12H,2-9H2,1H3,(H,13,14). The number of carbonyl (C=O) groups is 1. The lowest BCUT2D eigenvalue weighted by molar-refractivity contribution is -0.120. The van der Waals surface area contributed by atoms with Crippen LogP contribution < -0.4 is 10.6 Å². The molecule has 1 fully saturated rings. The van der Waals surface area contributed by atoms with Crippen LogP contribution in [0.5, 0.6) is 0 Å². The maximum atomic E-state index is 11.2. The van der Waals surface area contributed by atoms with Gasteiger partial charge in [-0.25, -0.2) is 0 Å². The molecule has 1 unspecified atom stereocenters. The minimum absolute atomic E-state index is 0.0913. The summed E-state index contributed by atoms with van der Waals surface area (Å²) in [5.74, 6) is 0.673. The molecule has 1 rings (SSSR count). The largest absolute Gasteiger partial charge is 0.381 e. The summed E-state index contributed by atoms with van der Waals surface area (Å²) in [6.07, 6.45) is 3.35. The molecule has 15 heavy (non-hydrogen) atoms. The van der Waals surface area contributed by atoms with Crippen molar-refractivity contribution < 1.29 is 9.53 Å². The molecule has 1 amide bonds. The first-order chi connectivity index (χ1) is 7.33. The van der Waals surface area contributed by atoms with Gasteiger partial charge in [-0.2, -0.15) is 0 Å². The molecule has 1 aliphatic rings. The summed E-state index contributed by atoms with van der Waals surface area (Å²) >= 11 is 0. The molecule has 0 aliphatic carbocycles. The first-order valence-corrected chi connectivity index (χ1v) is 5.88. The third kappa shape index (κ3) is 5.74. The summed E-state index contributed by atoms with van der Waals surface area (Å²) in [7, 11) is 0. The lowest BCUT2D eigenvalue weighted by Gasteiger charge is -2.22. The molecule has 0 aromatic heterocycles. The average Bonchev–Trinajstić information content (AvgIpc) is 2.28. The summed E-state index contributed by atoms with van der Waals surface area (Å²) in [5, 5.41) is 6.01. The maximum absolute atomic E-state index is 11.2. The van der Waals surface area contributed by atoms with Gasteiger partial charge < -0.3 is 15.4 Å². The molecular weight excluding hydrogens is 192 g/mol. The second kappa shape index (κ2) is 7.65. The van der Waals surface area contributed by atoms with Crippen LogP contribution in [0.15, 0.2) is 0 Å². The Kier molecular flexibility index (Phi) is 6.36. The SMILES string of the molecule is CCCNC(=O)CNCC1CCCOC1. The fourth-order valence-electron chi connectivity index (χ4n) is 1.69. The Balaban J connectivity index is 1.97. The summed E-state index contributed by atoms with van der Waals surface area (Å²) < 4.78 is 5.36. The molecule has 0 saturated carbocycles.